The van der Waals surface area contributed by atoms with Crippen LogP contribution in [-0.4, -0.2) is 19.0 Å². The first-order chi connectivity index (χ1) is 6.36. The summed E-state index contributed by atoms with van der Waals surface area (Å²) in [6.45, 7) is 2.17. The van der Waals surface area contributed by atoms with Crippen molar-refractivity contribution in [3.05, 3.63) is 24.2 Å². The Morgan fingerprint density at radius 1 is 1.69 bits per heavy atom. The minimum atomic E-state index is 0.125. The molecule has 2 rings (SSSR count). The van der Waals surface area contributed by atoms with E-state index in [2.05, 4.69) is 10.6 Å². The molecule has 1 saturated heterocycles. The lowest BCUT2D eigenvalue weighted by Crippen LogP contribution is -2.50. The predicted octanol–water partition coefficient (Wildman–Crippen LogP) is 0.115. The number of amides is 1. The van der Waals surface area contributed by atoms with Gasteiger partial charge >= 0.3 is 0 Å². The molecule has 1 aromatic heterocycles. The van der Waals surface area contributed by atoms with Crippen molar-refractivity contribution in [1.82, 2.24) is 10.6 Å². The zero-order valence-electron chi connectivity index (χ0n) is 7.25. The highest BCUT2D eigenvalue weighted by molar-refractivity contribution is 5.79. The Labute approximate surface area is 76.3 Å². The number of hydrogen-bond donors (Lipinski definition) is 2. The number of nitrogens with one attached hydrogen (secondary N) is 2. The smallest absolute Gasteiger partial charge is 0.225 e. The van der Waals surface area contributed by atoms with E-state index in [1.165, 1.54) is 0 Å². The van der Waals surface area contributed by atoms with E-state index < -0.39 is 0 Å². The molecule has 4 nitrogen and oxygen atoms in total. The molecule has 0 unspecified atom stereocenters. The SMILES string of the molecule is O=C(NCc1ccoc1)C1CNC1. The highest BCUT2D eigenvalue weighted by Crippen LogP contribution is 2.04. The fourth-order valence-corrected chi connectivity index (χ4v) is 1.20. The number of rotatable bonds is 3. The lowest BCUT2D eigenvalue weighted by atomic mass is 10.0. The average molecular weight is 180 g/mol. The number of carbonyl (C=O) groups excluding carboxylic acids is 1. The highest BCUT2D eigenvalue weighted by Gasteiger charge is 2.24. The molecule has 1 fully saturated rings. The van der Waals surface area contributed by atoms with Crippen LogP contribution in [0, 0.1) is 5.92 Å². The van der Waals surface area contributed by atoms with E-state index in [4.69, 9.17) is 4.42 Å². The maximum absolute atomic E-state index is 11.3. The third-order valence-electron chi connectivity index (χ3n) is 2.20. The summed E-state index contributed by atoms with van der Waals surface area (Å²) < 4.78 is 4.88. The van der Waals surface area contributed by atoms with Gasteiger partial charge in [0.05, 0.1) is 18.4 Å². The molecule has 0 saturated carbocycles. The molecule has 70 valence electrons. The molecule has 4 heteroatoms. The largest absolute Gasteiger partial charge is 0.472 e. The molecule has 0 radical (unpaired) electrons. The second-order valence-electron chi connectivity index (χ2n) is 3.20. The molecule has 1 aliphatic heterocycles. The summed E-state index contributed by atoms with van der Waals surface area (Å²) in [6.07, 6.45) is 3.24. The normalized spacial score (nSPS) is 16.6. The van der Waals surface area contributed by atoms with Crippen LogP contribution in [0.1, 0.15) is 5.56 Å². The summed E-state index contributed by atoms with van der Waals surface area (Å²) in [5.41, 5.74) is 1.00. The van der Waals surface area contributed by atoms with Gasteiger partial charge in [-0.05, 0) is 6.07 Å². The van der Waals surface area contributed by atoms with Crippen molar-refractivity contribution >= 4 is 5.91 Å². The quantitative estimate of drug-likeness (QED) is 0.694. The Balaban J connectivity index is 1.76. The first-order valence-electron chi connectivity index (χ1n) is 4.36. The lowest BCUT2D eigenvalue weighted by Gasteiger charge is -2.25. The van der Waals surface area contributed by atoms with Gasteiger partial charge < -0.3 is 15.1 Å². The monoisotopic (exact) mass is 180 g/mol. The van der Waals surface area contributed by atoms with Gasteiger partial charge in [-0.3, -0.25) is 4.79 Å². The maximum Gasteiger partial charge on any atom is 0.225 e. The topological polar surface area (TPSA) is 54.3 Å². The van der Waals surface area contributed by atoms with Gasteiger partial charge in [0.1, 0.15) is 0 Å². The Kier molecular flexibility index (Phi) is 2.31. The first kappa shape index (κ1) is 8.31. The zero-order chi connectivity index (χ0) is 9.10. The van der Waals surface area contributed by atoms with E-state index in [0.717, 1.165) is 18.7 Å². The maximum atomic E-state index is 11.3. The van der Waals surface area contributed by atoms with Crippen molar-refractivity contribution in [1.29, 1.82) is 0 Å². The number of furan rings is 1. The van der Waals surface area contributed by atoms with Crippen molar-refractivity contribution in [2.75, 3.05) is 13.1 Å². The molecule has 0 spiro atoms. The molecule has 0 bridgehead atoms. The van der Waals surface area contributed by atoms with Gasteiger partial charge in [0.2, 0.25) is 5.91 Å². The molecular formula is C9H12N2O2. The van der Waals surface area contributed by atoms with Crippen molar-refractivity contribution < 1.29 is 9.21 Å². The summed E-state index contributed by atoms with van der Waals surface area (Å²) in [6, 6.07) is 1.85. The van der Waals surface area contributed by atoms with Crippen molar-refractivity contribution in [3.63, 3.8) is 0 Å². The molecule has 1 amide bonds. The Hall–Kier alpha value is -1.29. The Morgan fingerprint density at radius 2 is 2.54 bits per heavy atom. The molecule has 13 heavy (non-hydrogen) atoms. The first-order valence-corrected chi connectivity index (χ1v) is 4.36. The van der Waals surface area contributed by atoms with Crippen LogP contribution in [0.15, 0.2) is 23.0 Å². The van der Waals surface area contributed by atoms with E-state index >= 15 is 0 Å². The van der Waals surface area contributed by atoms with Gasteiger partial charge in [-0.25, -0.2) is 0 Å². The Morgan fingerprint density at radius 3 is 3.08 bits per heavy atom. The van der Waals surface area contributed by atoms with Gasteiger partial charge in [0.15, 0.2) is 0 Å². The van der Waals surface area contributed by atoms with Crippen LogP contribution in [0.25, 0.3) is 0 Å². The summed E-state index contributed by atoms with van der Waals surface area (Å²) >= 11 is 0. The van der Waals surface area contributed by atoms with Crippen LogP contribution in [0.4, 0.5) is 0 Å². The second-order valence-corrected chi connectivity index (χ2v) is 3.20. The fraction of sp³-hybridized carbons (Fsp3) is 0.444. The summed E-state index contributed by atoms with van der Waals surface area (Å²) in [5, 5.41) is 5.90. The van der Waals surface area contributed by atoms with Crippen LogP contribution in [-0.2, 0) is 11.3 Å². The summed E-state index contributed by atoms with van der Waals surface area (Å²) in [7, 11) is 0. The van der Waals surface area contributed by atoms with Gasteiger partial charge in [0.25, 0.3) is 0 Å². The summed E-state index contributed by atoms with van der Waals surface area (Å²) in [4.78, 5) is 11.3. The van der Waals surface area contributed by atoms with Gasteiger partial charge in [-0.15, -0.1) is 0 Å². The highest BCUT2D eigenvalue weighted by atomic mass is 16.3. The third kappa shape index (κ3) is 1.89. The van der Waals surface area contributed by atoms with E-state index in [1.807, 2.05) is 6.07 Å². The van der Waals surface area contributed by atoms with Crippen molar-refractivity contribution in [2.45, 2.75) is 6.54 Å². The molecule has 0 aromatic carbocycles. The fourth-order valence-electron chi connectivity index (χ4n) is 1.20. The van der Waals surface area contributed by atoms with Crippen LogP contribution in [0.5, 0.6) is 0 Å². The average Bonchev–Trinajstić information content (AvgIpc) is 2.49. The van der Waals surface area contributed by atoms with Gasteiger partial charge in [-0.2, -0.15) is 0 Å². The predicted molar refractivity (Wildman–Crippen MR) is 46.9 cm³/mol. The molecule has 0 aliphatic carbocycles. The van der Waals surface area contributed by atoms with Crippen LogP contribution in [0.2, 0.25) is 0 Å². The van der Waals surface area contributed by atoms with Gasteiger partial charge in [-0.1, -0.05) is 0 Å². The standard InChI is InChI=1S/C9H12N2O2/c12-9(8-4-10-5-8)11-3-7-1-2-13-6-7/h1-2,6,8,10H,3-5H2,(H,11,12). The lowest BCUT2D eigenvalue weighted by molar-refractivity contribution is -0.126. The minimum Gasteiger partial charge on any atom is -0.472 e. The second kappa shape index (κ2) is 3.62. The van der Waals surface area contributed by atoms with Crippen LogP contribution in [0.3, 0.4) is 0 Å². The Bertz CT molecular complexity index is 278. The molecule has 1 aromatic rings. The molecule has 2 N–H and O–H groups in total. The van der Waals surface area contributed by atoms with E-state index in [9.17, 15) is 4.79 Å². The number of hydrogen-bond acceptors (Lipinski definition) is 3. The van der Waals surface area contributed by atoms with E-state index in [0.29, 0.717) is 6.54 Å². The molecular weight excluding hydrogens is 168 g/mol. The van der Waals surface area contributed by atoms with Crippen molar-refractivity contribution in [3.8, 4) is 0 Å². The van der Waals surface area contributed by atoms with Crippen LogP contribution >= 0.6 is 0 Å². The molecule has 1 aliphatic rings. The van der Waals surface area contributed by atoms with Gasteiger partial charge in [0, 0.05) is 25.2 Å². The molecule has 0 atom stereocenters. The minimum absolute atomic E-state index is 0.125. The van der Waals surface area contributed by atoms with Crippen molar-refractivity contribution in [2.24, 2.45) is 5.92 Å². The third-order valence-corrected chi connectivity index (χ3v) is 2.20. The van der Waals surface area contributed by atoms with E-state index in [-0.39, 0.29) is 11.8 Å². The summed E-state index contributed by atoms with van der Waals surface area (Å²) in [5.74, 6) is 0.284. The zero-order valence-corrected chi connectivity index (χ0v) is 7.25. The van der Waals surface area contributed by atoms with E-state index in [1.54, 1.807) is 12.5 Å². The molecule has 2 heterocycles. The van der Waals surface area contributed by atoms with Crippen LogP contribution < -0.4 is 10.6 Å². The number of carbonyl (C=O) groups is 1.